The Labute approximate surface area is 150 Å². The number of ether oxygens (including phenoxy) is 1. The summed E-state index contributed by atoms with van der Waals surface area (Å²) in [5.41, 5.74) is 3.14. The number of aromatic hydroxyl groups is 1. The van der Waals surface area contributed by atoms with Gasteiger partial charge in [-0.2, -0.15) is 5.10 Å². The molecule has 7 heteroatoms. The Kier molecular flexibility index (Phi) is 4.98. The average Bonchev–Trinajstić information content (AvgIpc) is 3.07. The minimum Gasteiger partial charge on any atom is -0.504 e. The first kappa shape index (κ1) is 17.2. The molecule has 1 amide bonds. The number of pyridine rings is 1. The molecule has 2 aromatic heterocycles. The van der Waals surface area contributed by atoms with Crippen molar-refractivity contribution in [1.82, 2.24) is 14.8 Å². The fraction of sp³-hybridized carbons (Fsp3) is 0.105. The summed E-state index contributed by atoms with van der Waals surface area (Å²) in [6.45, 7) is 0. The number of nitrogens with zero attached hydrogens (tertiary/aromatic N) is 3. The zero-order chi connectivity index (χ0) is 18.5. The van der Waals surface area contributed by atoms with Crippen LogP contribution in [0.5, 0.6) is 11.5 Å². The molecule has 0 spiro atoms. The fourth-order valence-electron chi connectivity index (χ4n) is 2.48. The van der Waals surface area contributed by atoms with E-state index in [9.17, 15) is 9.90 Å². The molecular weight excluding hydrogens is 332 g/mol. The lowest BCUT2D eigenvalue weighted by Gasteiger charge is -2.06. The highest BCUT2D eigenvalue weighted by Crippen LogP contribution is 2.28. The lowest BCUT2D eigenvalue weighted by atomic mass is 10.0. The van der Waals surface area contributed by atoms with Gasteiger partial charge in [0.15, 0.2) is 11.5 Å². The summed E-state index contributed by atoms with van der Waals surface area (Å²) in [6, 6.07) is 6.53. The Morgan fingerprint density at radius 2 is 2.15 bits per heavy atom. The number of aryl methyl sites for hydroxylation is 1. The highest BCUT2D eigenvalue weighted by atomic mass is 16.5. The third-order valence-corrected chi connectivity index (χ3v) is 3.73. The SMILES string of the molecule is COc1ccc(NC(=O)/C=C/c2cnccc2-c2cnn(C)c2)cc1O. The van der Waals surface area contributed by atoms with Crippen molar-refractivity contribution in [2.24, 2.45) is 7.05 Å². The Morgan fingerprint density at radius 1 is 1.31 bits per heavy atom. The predicted octanol–water partition coefficient (Wildman–Crippen LogP) is 2.85. The molecule has 0 radical (unpaired) electrons. The van der Waals surface area contributed by atoms with Crippen LogP contribution in [-0.2, 0) is 11.8 Å². The number of aromatic nitrogens is 3. The van der Waals surface area contributed by atoms with Gasteiger partial charge >= 0.3 is 0 Å². The van der Waals surface area contributed by atoms with Crippen LogP contribution in [-0.4, -0.2) is 32.9 Å². The molecule has 1 aromatic carbocycles. The zero-order valence-corrected chi connectivity index (χ0v) is 14.4. The normalized spacial score (nSPS) is 10.8. The summed E-state index contributed by atoms with van der Waals surface area (Å²) in [4.78, 5) is 16.3. The summed E-state index contributed by atoms with van der Waals surface area (Å²) in [7, 11) is 3.31. The largest absolute Gasteiger partial charge is 0.504 e. The van der Waals surface area contributed by atoms with Crippen molar-refractivity contribution in [1.29, 1.82) is 0 Å². The van der Waals surface area contributed by atoms with Crippen molar-refractivity contribution in [3.8, 4) is 22.6 Å². The average molecular weight is 350 g/mol. The number of phenolic OH excluding ortho intramolecular Hbond substituents is 1. The van der Waals surface area contributed by atoms with E-state index in [1.807, 2.05) is 19.3 Å². The zero-order valence-electron chi connectivity index (χ0n) is 14.4. The molecule has 26 heavy (non-hydrogen) atoms. The lowest BCUT2D eigenvalue weighted by molar-refractivity contribution is -0.111. The summed E-state index contributed by atoms with van der Waals surface area (Å²) >= 11 is 0. The van der Waals surface area contributed by atoms with E-state index in [4.69, 9.17) is 4.74 Å². The van der Waals surface area contributed by atoms with Crippen molar-refractivity contribution < 1.29 is 14.6 Å². The number of anilines is 1. The molecule has 2 N–H and O–H groups in total. The Hall–Kier alpha value is -3.61. The van der Waals surface area contributed by atoms with Gasteiger partial charge in [0, 0.05) is 54.6 Å². The van der Waals surface area contributed by atoms with Gasteiger partial charge in [-0.3, -0.25) is 14.5 Å². The van der Waals surface area contributed by atoms with Crippen LogP contribution in [0.25, 0.3) is 17.2 Å². The van der Waals surface area contributed by atoms with Crippen LogP contribution in [0.3, 0.4) is 0 Å². The van der Waals surface area contributed by atoms with Gasteiger partial charge in [-0.25, -0.2) is 0 Å². The molecule has 3 rings (SSSR count). The third kappa shape index (κ3) is 3.89. The number of methoxy groups -OCH3 is 1. The van der Waals surface area contributed by atoms with Crippen molar-refractivity contribution >= 4 is 17.7 Å². The number of rotatable bonds is 5. The van der Waals surface area contributed by atoms with Gasteiger partial charge in [0.2, 0.25) is 5.91 Å². The van der Waals surface area contributed by atoms with Crippen LogP contribution >= 0.6 is 0 Å². The van der Waals surface area contributed by atoms with Gasteiger partial charge in [-0.1, -0.05) is 0 Å². The quantitative estimate of drug-likeness (QED) is 0.691. The van der Waals surface area contributed by atoms with Crippen LogP contribution < -0.4 is 10.1 Å². The number of carbonyl (C=O) groups is 1. The van der Waals surface area contributed by atoms with Crippen molar-refractivity contribution in [3.63, 3.8) is 0 Å². The molecule has 2 heterocycles. The van der Waals surface area contributed by atoms with E-state index >= 15 is 0 Å². The van der Waals surface area contributed by atoms with E-state index in [0.717, 1.165) is 16.7 Å². The fourth-order valence-corrected chi connectivity index (χ4v) is 2.48. The molecule has 0 saturated heterocycles. The third-order valence-electron chi connectivity index (χ3n) is 3.73. The van der Waals surface area contributed by atoms with Crippen LogP contribution in [0.4, 0.5) is 5.69 Å². The molecule has 0 fully saturated rings. The first-order valence-corrected chi connectivity index (χ1v) is 7.86. The van der Waals surface area contributed by atoms with Gasteiger partial charge in [0.05, 0.1) is 13.3 Å². The molecule has 0 aliphatic carbocycles. The molecule has 7 nitrogen and oxygen atoms in total. The Bertz CT molecular complexity index is 963. The van der Waals surface area contributed by atoms with E-state index in [0.29, 0.717) is 11.4 Å². The summed E-state index contributed by atoms with van der Waals surface area (Å²) < 4.78 is 6.69. The van der Waals surface area contributed by atoms with Crippen LogP contribution in [0.15, 0.2) is 55.1 Å². The van der Waals surface area contributed by atoms with Gasteiger partial charge in [-0.05, 0) is 29.8 Å². The van der Waals surface area contributed by atoms with E-state index in [1.54, 1.807) is 41.5 Å². The minimum atomic E-state index is -0.324. The molecule has 0 unspecified atom stereocenters. The molecule has 0 atom stereocenters. The van der Waals surface area contributed by atoms with Gasteiger partial charge in [0.25, 0.3) is 0 Å². The molecule has 0 saturated carbocycles. The number of benzene rings is 1. The summed E-state index contributed by atoms with van der Waals surface area (Å²) in [5, 5.41) is 16.6. The molecular formula is C19H18N4O3. The molecule has 0 bridgehead atoms. The summed E-state index contributed by atoms with van der Waals surface area (Å²) in [5.74, 6) is -0.0222. The second-order valence-electron chi connectivity index (χ2n) is 5.57. The van der Waals surface area contributed by atoms with Crippen LogP contribution in [0, 0.1) is 0 Å². The highest BCUT2D eigenvalue weighted by Gasteiger charge is 2.07. The van der Waals surface area contributed by atoms with Gasteiger partial charge < -0.3 is 15.2 Å². The maximum Gasteiger partial charge on any atom is 0.248 e. The van der Waals surface area contributed by atoms with Gasteiger partial charge in [-0.15, -0.1) is 0 Å². The Morgan fingerprint density at radius 3 is 2.85 bits per heavy atom. The predicted molar refractivity (Wildman–Crippen MR) is 98.8 cm³/mol. The second kappa shape index (κ2) is 7.52. The number of phenols is 1. The molecule has 0 aliphatic rings. The number of carbonyl (C=O) groups excluding carboxylic acids is 1. The second-order valence-corrected chi connectivity index (χ2v) is 5.57. The van der Waals surface area contributed by atoms with E-state index < -0.39 is 0 Å². The first-order chi connectivity index (χ1) is 12.6. The number of hydrogen-bond acceptors (Lipinski definition) is 5. The number of nitrogens with one attached hydrogen (secondary N) is 1. The molecule has 0 aliphatic heterocycles. The maximum atomic E-state index is 12.2. The number of amides is 1. The standard InChI is InChI=1S/C19H18N4O3/c1-23-12-14(11-21-23)16-7-8-20-10-13(16)3-6-19(25)22-15-4-5-18(26-2)17(24)9-15/h3-12,24H,1-2H3,(H,22,25)/b6-3+. The van der Waals surface area contributed by atoms with Crippen LogP contribution in [0.2, 0.25) is 0 Å². The van der Waals surface area contributed by atoms with E-state index in [-0.39, 0.29) is 11.7 Å². The highest BCUT2D eigenvalue weighted by molar-refractivity contribution is 6.02. The minimum absolute atomic E-state index is 0.0413. The van der Waals surface area contributed by atoms with Crippen molar-refractivity contribution in [2.75, 3.05) is 12.4 Å². The first-order valence-electron chi connectivity index (χ1n) is 7.86. The molecule has 3 aromatic rings. The summed E-state index contributed by atoms with van der Waals surface area (Å²) in [6.07, 6.45) is 10.1. The van der Waals surface area contributed by atoms with Gasteiger partial charge in [0.1, 0.15) is 0 Å². The molecule has 132 valence electrons. The van der Waals surface area contributed by atoms with Crippen LogP contribution in [0.1, 0.15) is 5.56 Å². The van der Waals surface area contributed by atoms with Crippen molar-refractivity contribution in [2.45, 2.75) is 0 Å². The smallest absolute Gasteiger partial charge is 0.248 e. The van der Waals surface area contributed by atoms with Crippen molar-refractivity contribution in [3.05, 3.63) is 60.7 Å². The maximum absolute atomic E-state index is 12.2. The number of hydrogen-bond donors (Lipinski definition) is 2. The van der Waals surface area contributed by atoms with E-state index in [1.165, 1.54) is 19.3 Å². The Balaban J connectivity index is 1.76. The lowest BCUT2D eigenvalue weighted by Crippen LogP contribution is -2.07. The topological polar surface area (TPSA) is 89.3 Å². The van der Waals surface area contributed by atoms with E-state index in [2.05, 4.69) is 15.4 Å². The monoisotopic (exact) mass is 350 g/mol.